The summed E-state index contributed by atoms with van der Waals surface area (Å²) in [6.45, 7) is 5.81. The largest absolute Gasteiger partial charge is 0.373 e. The average molecular weight is 229 g/mol. The number of nitrogens with zero attached hydrogens (tertiary/aromatic N) is 4. The van der Waals surface area contributed by atoms with Crippen LogP contribution in [0.2, 0.25) is 0 Å². The predicted octanol–water partition coefficient (Wildman–Crippen LogP) is 1.90. The minimum atomic E-state index is 0.628. The lowest BCUT2D eigenvalue weighted by atomic mass is 10.2. The van der Waals surface area contributed by atoms with Crippen LogP contribution in [-0.4, -0.2) is 27.0 Å². The summed E-state index contributed by atoms with van der Waals surface area (Å²) >= 11 is 0. The van der Waals surface area contributed by atoms with Crippen LogP contribution in [-0.2, 0) is 0 Å². The molecular formula is C12H15N5. The molecule has 0 fully saturated rings. The summed E-state index contributed by atoms with van der Waals surface area (Å²) in [4.78, 5) is 17.3. The van der Waals surface area contributed by atoms with Gasteiger partial charge in [0.1, 0.15) is 17.3 Å². The SMILES string of the molecule is CNc1nc(-c2ccnc(C)n2)nc(C)c1C. The molecule has 0 aliphatic heterocycles. The fourth-order valence-electron chi connectivity index (χ4n) is 1.57. The molecule has 2 aromatic rings. The summed E-state index contributed by atoms with van der Waals surface area (Å²) in [6, 6.07) is 1.82. The molecule has 0 radical (unpaired) electrons. The Hall–Kier alpha value is -2.04. The van der Waals surface area contributed by atoms with Gasteiger partial charge in [0.05, 0.1) is 0 Å². The number of hydrogen-bond donors (Lipinski definition) is 1. The molecule has 0 bridgehead atoms. The molecule has 0 saturated carbocycles. The summed E-state index contributed by atoms with van der Waals surface area (Å²) in [7, 11) is 1.85. The van der Waals surface area contributed by atoms with E-state index in [1.165, 1.54) is 0 Å². The monoisotopic (exact) mass is 229 g/mol. The van der Waals surface area contributed by atoms with Gasteiger partial charge in [-0.25, -0.2) is 19.9 Å². The molecule has 2 aromatic heterocycles. The number of nitrogens with one attached hydrogen (secondary N) is 1. The van der Waals surface area contributed by atoms with E-state index in [0.717, 1.165) is 28.6 Å². The van der Waals surface area contributed by atoms with Gasteiger partial charge in [-0.15, -0.1) is 0 Å². The quantitative estimate of drug-likeness (QED) is 0.852. The molecule has 0 saturated heterocycles. The fourth-order valence-corrected chi connectivity index (χ4v) is 1.57. The highest BCUT2D eigenvalue weighted by molar-refractivity contribution is 5.55. The molecule has 2 heterocycles. The van der Waals surface area contributed by atoms with Crippen molar-refractivity contribution in [1.29, 1.82) is 0 Å². The molecule has 5 nitrogen and oxygen atoms in total. The molecule has 0 unspecified atom stereocenters. The molecule has 0 amide bonds. The first-order valence-electron chi connectivity index (χ1n) is 5.45. The lowest BCUT2D eigenvalue weighted by Gasteiger charge is -2.09. The van der Waals surface area contributed by atoms with Crippen LogP contribution in [0.3, 0.4) is 0 Å². The normalized spacial score (nSPS) is 10.4. The van der Waals surface area contributed by atoms with Crippen molar-refractivity contribution in [3.8, 4) is 11.5 Å². The van der Waals surface area contributed by atoms with Gasteiger partial charge in [0, 0.05) is 24.5 Å². The van der Waals surface area contributed by atoms with Crippen molar-refractivity contribution in [1.82, 2.24) is 19.9 Å². The summed E-state index contributed by atoms with van der Waals surface area (Å²) in [5.41, 5.74) is 2.76. The van der Waals surface area contributed by atoms with Crippen molar-refractivity contribution in [2.75, 3.05) is 12.4 Å². The second-order valence-electron chi connectivity index (χ2n) is 3.85. The first kappa shape index (κ1) is 11.4. The second kappa shape index (κ2) is 4.45. The minimum Gasteiger partial charge on any atom is -0.373 e. The topological polar surface area (TPSA) is 63.6 Å². The van der Waals surface area contributed by atoms with Crippen LogP contribution in [0, 0.1) is 20.8 Å². The summed E-state index contributed by atoms with van der Waals surface area (Å²) in [5.74, 6) is 2.18. The van der Waals surface area contributed by atoms with Crippen LogP contribution < -0.4 is 5.32 Å². The molecule has 17 heavy (non-hydrogen) atoms. The first-order valence-corrected chi connectivity index (χ1v) is 5.45. The lowest BCUT2D eigenvalue weighted by Crippen LogP contribution is -2.04. The third kappa shape index (κ3) is 2.22. The number of anilines is 1. The van der Waals surface area contributed by atoms with Gasteiger partial charge in [0.15, 0.2) is 5.82 Å². The average Bonchev–Trinajstić information content (AvgIpc) is 2.32. The van der Waals surface area contributed by atoms with Gasteiger partial charge in [-0.05, 0) is 26.8 Å². The molecular weight excluding hydrogens is 214 g/mol. The maximum Gasteiger partial charge on any atom is 0.180 e. The zero-order chi connectivity index (χ0) is 12.4. The van der Waals surface area contributed by atoms with E-state index in [0.29, 0.717) is 5.82 Å². The van der Waals surface area contributed by atoms with Gasteiger partial charge in [-0.3, -0.25) is 0 Å². The Morgan fingerprint density at radius 1 is 1.06 bits per heavy atom. The number of hydrogen-bond acceptors (Lipinski definition) is 5. The number of aromatic nitrogens is 4. The Labute approximate surface area is 100 Å². The van der Waals surface area contributed by atoms with Gasteiger partial charge in [-0.2, -0.15) is 0 Å². The first-order chi connectivity index (χ1) is 8.11. The van der Waals surface area contributed by atoms with E-state index in [1.807, 2.05) is 33.9 Å². The van der Waals surface area contributed by atoms with Crippen molar-refractivity contribution in [2.45, 2.75) is 20.8 Å². The number of aryl methyl sites for hydroxylation is 2. The Morgan fingerprint density at radius 2 is 1.82 bits per heavy atom. The summed E-state index contributed by atoms with van der Waals surface area (Å²) in [5, 5.41) is 3.07. The van der Waals surface area contributed by atoms with Gasteiger partial charge in [0.2, 0.25) is 0 Å². The molecule has 0 aliphatic carbocycles. The number of rotatable bonds is 2. The van der Waals surface area contributed by atoms with Crippen LogP contribution in [0.1, 0.15) is 17.1 Å². The smallest absolute Gasteiger partial charge is 0.180 e. The van der Waals surface area contributed by atoms with E-state index in [-0.39, 0.29) is 0 Å². The standard InChI is InChI=1S/C12H15N5/c1-7-8(2)15-12(17-11(7)13-4)10-5-6-14-9(3)16-10/h5-6H,1-4H3,(H,13,15,17). The van der Waals surface area contributed by atoms with Gasteiger partial charge in [0.25, 0.3) is 0 Å². The van der Waals surface area contributed by atoms with E-state index in [1.54, 1.807) is 6.20 Å². The Morgan fingerprint density at radius 3 is 2.47 bits per heavy atom. The van der Waals surface area contributed by atoms with E-state index < -0.39 is 0 Å². The predicted molar refractivity (Wildman–Crippen MR) is 66.8 cm³/mol. The van der Waals surface area contributed by atoms with Crippen molar-refractivity contribution < 1.29 is 0 Å². The Kier molecular flexibility index (Phi) is 2.99. The Balaban J connectivity index is 2.56. The fraction of sp³-hybridized carbons (Fsp3) is 0.333. The van der Waals surface area contributed by atoms with E-state index in [9.17, 15) is 0 Å². The molecule has 0 spiro atoms. The van der Waals surface area contributed by atoms with Crippen LogP contribution in [0.5, 0.6) is 0 Å². The maximum absolute atomic E-state index is 4.45. The van der Waals surface area contributed by atoms with Crippen molar-refractivity contribution in [3.05, 3.63) is 29.3 Å². The van der Waals surface area contributed by atoms with Crippen molar-refractivity contribution in [2.24, 2.45) is 0 Å². The van der Waals surface area contributed by atoms with E-state index in [2.05, 4.69) is 25.3 Å². The van der Waals surface area contributed by atoms with Crippen LogP contribution >= 0.6 is 0 Å². The van der Waals surface area contributed by atoms with Gasteiger partial charge < -0.3 is 5.32 Å². The molecule has 0 aliphatic rings. The summed E-state index contributed by atoms with van der Waals surface area (Å²) < 4.78 is 0. The molecule has 88 valence electrons. The van der Waals surface area contributed by atoms with E-state index >= 15 is 0 Å². The molecule has 1 N–H and O–H groups in total. The molecule has 2 rings (SSSR count). The zero-order valence-corrected chi connectivity index (χ0v) is 10.4. The van der Waals surface area contributed by atoms with Crippen molar-refractivity contribution >= 4 is 5.82 Å². The van der Waals surface area contributed by atoms with Crippen LogP contribution in [0.25, 0.3) is 11.5 Å². The van der Waals surface area contributed by atoms with Gasteiger partial charge in [-0.1, -0.05) is 0 Å². The highest BCUT2D eigenvalue weighted by Crippen LogP contribution is 2.19. The van der Waals surface area contributed by atoms with E-state index in [4.69, 9.17) is 0 Å². The molecule has 0 aromatic carbocycles. The Bertz CT molecular complexity index is 551. The minimum absolute atomic E-state index is 0.628. The van der Waals surface area contributed by atoms with Gasteiger partial charge >= 0.3 is 0 Å². The molecule has 5 heteroatoms. The van der Waals surface area contributed by atoms with Crippen LogP contribution in [0.15, 0.2) is 12.3 Å². The lowest BCUT2D eigenvalue weighted by molar-refractivity contribution is 1.01. The molecule has 0 atom stereocenters. The second-order valence-corrected chi connectivity index (χ2v) is 3.85. The third-order valence-corrected chi connectivity index (χ3v) is 2.63. The van der Waals surface area contributed by atoms with Crippen molar-refractivity contribution in [3.63, 3.8) is 0 Å². The zero-order valence-electron chi connectivity index (χ0n) is 10.4. The highest BCUT2D eigenvalue weighted by atomic mass is 15.0. The maximum atomic E-state index is 4.45. The summed E-state index contributed by atoms with van der Waals surface area (Å²) in [6.07, 6.45) is 1.72. The van der Waals surface area contributed by atoms with Crippen LogP contribution in [0.4, 0.5) is 5.82 Å². The third-order valence-electron chi connectivity index (χ3n) is 2.63. The highest BCUT2D eigenvalue weighted by Gasteiger charge is 2.09.